The van der Waals surface area contributed by atoms with E-state index in [0.29, 0.717) is 16.5 Å². The van der Waals surface area contributed by atoms with E-state index in [9.17, 15) is 38.5 Å². The van der Waals surface area contributed by atoms with Crippen molar-refractivity contribution in [3.8, 4) is 11.5 Å². The molecule has 6 aromatic carbocycles. The molecule has 26 heteroatoms. The normalized spacial score (nSPS) is 22.4. The Balaban J connectivity index is 0.000000216. The molecule has 24 nitrogen and oxygen atoms in total. The van der Waals surface area contributed by atoms with Gasteiger partial charge in [0.15, 0.2) is 42.8 Å². The summed E-state index contributed by atoms with van der Waals surface area (Å²) in [6.45, 7) is 5.85. The van der Waals surface area contributed by atoms with Crippen LogP contribution in [-0.2, 0) is 69.4 Å². The lowest BCUT2D eigenvalue weighted by atomic mass is 10.1. The number of hydrogen-bond donors (Lipinski definition) is 6. The van der Waals surface area contributed by atoms with Crippen molar-refractivity contribution < 1.29 is 94.2 Å². The first-order valence-electron chi connectivity index (χ1n) is 29.1. The van der Waals surface area contributed by atoms with Gasteiger partial charge in [-0.2, -0.15) is 19.3 Å². The first-order chi connectivity index (χ1) is 43.6. The number of aliphatic hydroxyl groups is 2. The van der Waals surface area contributed by atoms with Crippen molar-refractivity contribution in [3.05, 3.63) is 217 Å². The fraction of sp³-hybridized carbons (Fsp3) is 0.303. The van der Waals surface area contributed by atoms with E-state index in [-0.39, 0.29) is 44.1 Å². The summed E-state index contributed by atoms with van der Waals surface area (Å²) in [6.07, 6.45) is -1.63. The lowest BCUT2D eigenvalue weighted by molar-refractivity contribution is -0.766. The van der Waals surface area contributed by atoms with Crippen LogP contribution in [0.5, 0.6) is 11.5 Å². The third kappa shape index (κ3) is 16.8. The Hall–Kier alpha value is -8.32. The Labute approximate surface area is 531 Å². The number of amides is 2. The molecule has 3 saturated heterocycles. The predicted molar refractivity (Wildman–Crippen MR) is 335 cm³/mol. The zero-order valence-corrected chi connectivity index (χ0v) is 51.7. The number of nitrogens with zero attached hydrogens (tertiary/aromatic N) is 2. The molecule has 5 heterocycles. The summed E-state index contributed by atoms with van der Waals surface area (Å²) in [5, 5.41) is 29.9. The maximum atomic E-state index is 14.5. The molecular weight excluding hydrogens is 1230 g/mol. The number of aliphatic hydroxyl groups excluding tert-OH is 2. The van der Waals surface area contributed by atoms with Crippen LogP contribution < -0.4 is 39.8 Å². The largest absolute Gasteiger partial charge is 0.460 e. The van der Waals surface area contributed by atoms with Crippen LogP contribution in [0.2, 0.25) is 0 Å². The van der Waals surface area contributed by atoms with E-state index in [1.54, 1.807) is 97.5 Å². The van der Waals surface area contributed by atoms with Crippen LogP contribution in [0.3, 0.4) is 0 Å². The van der Waals surface area contributed by atoms with Crippen molar-refractivity contribution in [2.45, 2.75) is 115 Å². The van der Waals surface area contributed by atoms with E-state index in [2.05, 4.69) is 10.2 Å². The van der Waals surface area contributed by atoms with Gasteiger partial charge in [-0.3, -0.25) is 28.2 Å². The molecule has 3 aliphatic rings. The van der Waals surface area contributed by atoms with Gasteiger partial charge in [-0.25, -0.2) is 9.13 Å². The highest BCUT2D eigenvalue weighted by Gasteiger charge is 2.60. The van der Waals surface area contributed by atoms with E-state index >= 15 is 0 Å². The number of aromatic nitrogens is 2. The number of carbonyl (C=O) groups is 4. The van der Waals surface area contributed by atoms with Crippen LogP contribution in [0, 0.1) is 0 Å². The smallest absolute Gasteiger partial charge is 0.459 e. The summed E-state index contributed by atoms with van der Waals surface area (Å²) in [4.78, 5) is 49.3. The molecule has 3 aliphatic heterocycles. The molecule has 0 radical (unpaired) electrons. The van der Waals surface area contributed by atoms with Gasteiger partial charge in [-0.05, 0) is 73.9 Å². The van der Waals surface area contributed by atoms with Crippen molar-refractivity contribution >= 4 is 60.8 Å². The summed E-state index contributed by atoms with van der Waals surface area (Å²) in [5.74, 6) is -3.03. The summed E-state index contributed by atoms with van der Waals surface area (Å²) in [6, 6.07) is 47.8. The first kappa shape index (κ1) is 68.1. The molecule has 6 unspecified atom stereocenters. The van der Waals surface area contributed by atoms with Gasteiger partial charge in [0.05, 0.1) is 13.2 Å². The Bertz CT molecular complexity index is 3970. The van der Waals surface area contributed by atoms with Crippen molar-refractivity contribution in [1.29, 1.82) is 0 Å². The number of fused-ring (bicyclic) bond motifs is 3. The van der Waals surface area contributed by atoms with Gasteiger partial charge in [0.25, 0.3) is 24.3 Å². The van der Waals surface area contributed by atoms with Crippen molar-refractivity contribution in [2.24, 2.45) is 11.5 Å². The van der Waals surface area contributed by atoms with Gasteiger partial charge >= 0.3 is 27.4 Å². The SMILES string of the molecule is C.CC(NP(=O)(OCC1O[C@@H]([n+]2cccc(C(N)=O)c2)[C@@H]2OC(C)(C)O[C@H]12)Oc1cccc2ccccc12)C(=O)OCc1ccccc1.CC(NP(=O)(OCC1O[C@@H]([n+]2cccc(C(N)=O)c2)[C@H](O)[C@@H]1O)Oc1cccc2ccccc12)C(=O)OCc1ccccc1. The molecule has 2 amide bonds. The minimum atomic E-state index is -4.35. The second kappa shape index (κ2) is 30.0. The molecule has 0 saturated carbocycles. The maximum Gasteiger partial charge on any atom is 0.459 e. The van der Waals surface area contributed by atoms with Gasteiger partial charge in [-0.1, -0.05) is 141 Å². The summed E-state index contributed by atoms with van der Waals surface area (Å²) in [5.41, 5.74) is 12.9. The predicted octanol–water partition coefficient (Wildman–Crippen LogP) is 7.98. The Morgan fingerprint density at radius 2 is 0.957 bits per heavy atom. The van der Waals surface area contributed by atoms with E-state index < -0.39 is 113 Å². The number of pyridine rings is 2. The molecule has 0 bridgehead atoms. The number of hydrogen-bond acceptors (Lipinski definition) is 18. The third-order valence-electron chi connectivity index (χ3n) is 14.9. The van der Waals surface area contributed by atoms with Crippen molar-refractivity contribution in [1.82, 2.24) is 10.2 Å². The molecule has 484 valence electrons. The second-order valence-corrected chi connectivity index (χ2v) is 25.5. The molecular formula is C66H74N6O18P2+2. The molecule has 11 rings (SSSR count). The van der Waals surface area contributed by atoms with Crippen LogP contribution in [0.4, 0.5) is 0 Å². The molecule has 8 aromatic rings. The maximum absolute atomic E-state index is 14.5. The highest BCUT2D eigenvalue weighted by atomic mass is 31.2. The fourth-order valence-electron chi connectivity index (χ4n) is 10.4. The molecule has 92 heavy (non-hydrogen) atoms. The molecule has 2 aromatic heterocycles. The monoisotopic (exact) mass is 1300 g/mol. The van der Waals surface area contributed by atoms with E-state index in [0.717, 1.165) is 21.9 Å². The second-order valence-electron chi connectivity index (χ2n) is 22.1. The number of rotatable bonds is 24. The van der Waals surface area contributed by atoms with Crippen LogP contribution >= 0.6 is 15.5 Å². The zero-order valence-electron chi connectivity index (χ0n) is 49.9. The Morgan fingerprint density at radius 3 is 1.43 bits per heavy atom. The number of ether oxygens (including phenoxy) is 6. The average molecular weight is 1300 g/mol. The van der Waals surface area contributed by atoms with E-state index in [4.69, 9.17) is 58.0 Å². The van der Waals surface area contributed by atoms with Crippen molar-refractivity contribution in [3.63, 3.8) is 0 Å². The van der Waals surface area contributed by atoms with Gasteiger partial charge < -0.3 is 59.1 Å². The molecule has 8 N–H and O–H groups in total. The number of nitrogens with one attached hydrogen (secondary N) is 2. The van der Waals surface area contributed by atoms with E-state index in [1.165, 1.54) is 36.9 Å². The van der Waals surface area contributed by atoms with Gasteiger partial charge in [0.2, 0.25) is 0 Å². The number of carbonyl (C=O) groups excluding carboxylic acids is 4. The van der Waals surface area contributed by atoms with E-state index in [1.807, 2.05) is 97.1 Å². The average Bonchev–Trinajstić information content (AvgIpc) is 1.60. The number of esters is 2. The highest BCUT2D eigenvalue weighted by Crippen LogP contribution is 2.50. The number of benzene rings is 6. The highest BCUT2D eigenvalue weighted by molar-refractivity contribution is 7.52. The minimum absolute atomic E-state index is 0. The fourth-order valence-corrected chi connectivity index (χ4v) is 13.4. The van der Waals surface area contributed by atoms with Gasteiger partial charge in [0, 0.05) is 22.9 Å². The lowest BCUT2D eigenvalue weighted by Crippen LogP contribution is -2.46. The van der Waals surface area contributed by atoms with Crippen LogP contribution in [0.15, 0.2) is 195 Å². The number of nitrogens with two attached hydrogens (primary N) is 2. The first-order valence-corrected chi connectivity index (χ1v) is 32.2. The standard InChI is InChI=1S/C34H36N3O9P.C31H32N3O9P.CH4/c1-22(33(39)41-20-23-11-5-4-6-12-23)36-47(40,46-27-17-9-14-24-13-7-8-16-26(24)27)42-21-28-29-30(45-34(2,3)44-29)32(43-28)37-18-10-15-25(19-37)31(35)38;1-20(31(38)40-18-21-9-3-2-4-10-21)33-44(39,43-25-15-7-12-22-11-5-6-14-24(22)25)41-19-26-27(35)28(36)30(42-26)34-16-8-13-23(17-34)29(32)37;/h4-19,22,28-30,32H,20-21H2,1-3H3,(H2-,35,36,38,40);2-17,20,26-28,30,35-36H,18-19H2,1H3,(H2-,32,33,37,39);1H4/p+2/t22?,28?,29-,30-,32-,47?;20?,26?,27-,28-,30-,44?;/m11./s1. The molecule has 0 spiro atoms. The summed E-state index contributed by atoms with van der Waals surface area (Å²) >= 11 is 0. The summed E-state index contributed by atoms with van der Waals surface area (Å²) < 4.78 is 91.0. The number of primary amides is 2. The Morgan fingerprint density at radius 1 is 0.543 bits per heavy atom. The Kier molecular flexibility index (Phi) is 22.2. The molecule has 12 atom stereocenters. The third-order valence-corrected chi connectivity index (χ3v) is 18.1. The van der Waals surface area contributed by atoms with Gasteiger partial charge in [0.1, 0.15) is 72.3 Å². The minimum Gasteiger partial charge on any atom is -0.460 e. The zero-order chi connectivity index (χ0) is 64.5. The quantitative estimate of drug-likeness (QED) is 0.0190. The summed E-state index contributed by atoms with van der Waals surface area (Å²) in [7, 11) is -8.63. The van der Waals surface area contributed by atoms with Crippen LogP contribution in [-0.4, -0.2) is 102 Å². The van der Waals surface area contributed by atoms with Crippen LogP contribution in [0.1, 0.15) is 79.4 Å². The van der Waals surface area contributed by atoms with Crippen molar-refractivity contribution in [2.75, 3.05) is 13.2 Å². The van der Waals surface area contributed by atoms with Crippen LogP contribution in [0.25, 0.3) is 21.5 Å². The van der Waals surface area contributed by atoms with Gasteiger partial charge in [-0.15, -0.1) is 0 Å². The molecule has 3 fully saturated rings. The molecule has 0 aliphatic carbocycles. The lowest BCUT2D eigenvalue weighted by Gasteiger charge is -2.26. The topological polar surface area (TPSA) is 319 Å².